The van der Waals surface area contributed by atoms with Crippen LogP contribution in [0.3, 0.4) is 0 Å². The first-order valence-corrected chi connectivity index (χ1v) is 10.3. The Morgan fingerprint density at radius 3 is 2.32 bits per heavy atom. The Labute approximate surface area is 171 Å². The number of rotatable bonds is 5. The van der Waals surface area contributed by atoms with Gasteiger partial charge in [-0.05, 0) is 36.1 Å². The minimum absolute atomic E-state index is 0.0481. The van der Waals surface area contributed by atoms with Crippen LogP contribution in [0, 0.1) is 0 Å². The zero-order valence-electron chi connectivity index (χ0n) is 16.0. The van der Waals surface area contributed by atoms with E-state index in [1.165, 1.54) is 5.56 Å². The molecule has 4 nitrogen and oxygen atoms in total. The fourth-order valence-electron chi connectivity index (χ4n) is 3.70. The Morgan fingerprint density at radius 2 is 1.68 bits per heavy atom. The number of urea groups is 1. The largest absolute Gasteiger partial charge is 0.328 e. The maximum atomic E-state index is 12.8. The summed E-state index contributed by atoms with van der Waals surface area (Å²) in [6.07, 6.45) is 6.34. The van der Waals surface area contributed by atoms with Gasteiger partial charge in [-0.25, -0.2) is 4.79 Å². The standard InChI is InChI=1S/C23H26ClN3O/c24-21-10-8-20(9-11-21)23(12-13-23)25-22(28)27-17-15-26(16-18-27)14-4-7-19-5-2-1-3-6-19/h1-11H,12-18H2,(H,25,28)/b7-4+. The smallest absolute Gasteiger partial charge is 0.318 e. The molecule has 0 radical (unpaired) electrons. The van der Waals surface area contributed by atoms with Crippen LogP contribution in [0.1, 0.15) is 24.0 Å². The number of nitrogens with one attached hydrogen (secondary N) is 1. The van der Waals surface area contributed by atoms with Crippen LogP contribution in [0.2, 0.25) is 5.02 Å². The lowest BCUT2D eigenvalue weighted by atomic mass is 10.1. The van der Waals surface area contributed by atoms with E-state index in [0.29, 0.717) is 0 Å². The van der Waals surface area contributed by atoms with E-state index in [4.69, 9.17) is 11.6 Å². The van der Waals surface area contributed by atoms with Gasteiger partial charge < -0.3 is 10.2 Å². The highest BCUT2D eigenvalue weighted by molar-refractivity contribution is 6.30. The maximum absolute atomic E-state index is 12.8. The van der Waals surface area contributed by atoms with Gasteiger partial charge in [-0.1, -0.05) is 66.2 Å². The minimum Gasteiger partial charge on any atom is -0.328 e. The van der Waals surface area contributed by atoms with Crippen molar-refractivity contribution in [2.75, 3.05) is 32.7 Å². The molecule has 146 valence electrons. The number of amides is 2. The van der Waals surface area contributed by atoms with E-state index in [0.717, 1.165) is 56.2 Å². The van der Waals surface area contributed by atoms with Gasteiger partial charge in [0.25, 0.3) is 0 Å². The van der Waals surface area contributed by atoms with Crippen LogP contribution < -0.4 is 5.32 Å². The Bertz CT molecular complexity index is 823. The number of carbonyl (C=O) groups is 1. The second kappa shape index (κ2) is 8.38. The predicted molar refractivity (Wildman–Crippen MR) is 114 cm³/mol. The molecule has 1 aliphatic heterocycles. The van der Waals surface area contributed by atoms with Crippen molar-refractivity contribution in [3.05, 3.63) is 76.8 Å². The molecule has 1 saturated carbocycles. The van der Waals surface area contributed by atoms with Crippen LogP contribution in [-0.4, -0.2) is 48.6 Å². The molecule has 2 amide bonds. The second-order valence-electron chi connectivity index (χ2n) is 7.62. The maximum Gasteiger partial charge on any atom is 0.318 e. The molecule has 2 aromatic rings. The van der Waals surface area contributed by atoms with Crippen molar-refractivity contribution in [3.63, 3.8) is 0 Å². The Kier molecular flexibility index (Phi) is 5.69. The number of nitrogens with zero attached hydrogens (tertiary/aromatic N) is 2. The second-order valence-corrected chi connectivity index (χ2v) is 8.06. The van der Waals surface area contributed by atoms with Crippen molar-refractivity contribution in [1.29, 1.82) is 0 Å². The summed E-state index contributed by atoms with van der Waals surface area (Å²) in [5.74, 6) is 0. The van der Waals surface area contributed by atoms with Gasteiger partial charge in [-0.15, -0.1) is 0 Å². The van der Waals surface area contributed by atoms with Crippen molar-refractivity contribution in [2.24, 2.45) is 0 Å². The summed E-state index contributed by atoms with van der Waals surface area (Å²) in [6, 6.07) is 18.2. The van der Waals surface area contributed by atoms with Crippen LogP contribution in [0.25, 0.3) is 6.08 Å². The van der Waals surface area contributed by atoms with Crippen LogP contribution >= 0.6 is 11.6 Å². The zero-order valence-corrected chi connectivity index (χ0v) is 16.7. The molecule has 5 heteroatoms. The van der Waals surface area contributed by atoms with E-state index in [9.17, 15) is 4.79 Å². The number of halogens is 1. The summed E-state index contributed by atoms with van der Waals surface area (Å²) in [7, 11) is 0. The number of carbonyl (C=O) groups excluding carboxylic acids is 1. The third-order valence-corrected chi connectivity index (χ3v) is 5.88. The summed E-state index contributed by atoms with van der Waals surface area (Å²) >= 11 is 5.99. The van der Waals surface area contributed by atoms with Gasteiger partial charge in [0.15, 0.2) is 0 Å². The Balaban J connectivity index is 1.25. The molecule has 1 heterocycles. The van der Waals surface area contributed by atoms with Crippen molar-refractivity contribution in [3.8, 4) is 0 Å². The van der Waals surface area contributed by atoms with Gasteiger partial charge in [-0.3, -0.25) is 4.90 Å². The van der Waals surface area contributed by atoms with Crippen LogP contribution in [-0.2, 0) is 5.54 Å². The molecule has 4 rings (SSSR count). The van der Waals surface area contributed by atoms with E-state index >= 15 is 0 Å². The lowest BCUT2D eigenvalue weighted by Crippen LogP contribution is -2.53. The molecule has 1 aliphatic carbocycles. The summed E-state index contributed by atoms with van der Waals surface area (Å²) in [5.41, 5.74) is 2.17. The van der Waals surface area contributed by atoms with E-state index in [2.05, 4.69) is 34.5 Å². The highest BCUT2D eigenvalue weighted by atomic mass is 35.5. The normalized spacial score (nSPS) is 19.0. The molecular formula is C23H26ClN3O. The lowest BCUT2D eigenvalue weighted by Gasteiger charge is -2.35. The topological polar surface area (TPSA) is 35.6 Å². The van der Waals surface area contributed by atoms with Crippen LogP contribution in [0.15, 0.2) is 60.7 Å². The van der Waals surface area contributed by atoms with Crippen molar-refractivity contribution in [1.82, 2.24) is 15.1 Å². The Morgan fingerprint density at radius 1 is 1.00 bits per heavy atom. The van der Waals surface area contributed by atoms with Gasteiger partial charge in [0.2, 0.25) is 0 Å². The molecule has 1 saturated heterocycles. The highest BCUT2D eigenvalue weighted by Crippen LogP contribution is 2.45. The Hall–Kier alpha value is -2.30. The zero-order chi connectivity index (χ0) is 19.4. The third kappa shape index (κ3) is 4.57. The summed E-state index contributed by atoms with van der Waals surface area (Å²) in [4.78, 5) is 17.1. The molecule has 0 atom stereocenters. The van der Waals surface area contributed by atoms with Crippen molar-refractivity contribution >= 4 is 23.7 Å². The molecule has 2 fully saturated rings. The first-order valence-electron chi connectivity index (χ1n) is 9.92. The first-order chi connectivity index (χ1) is 13.6. The fourth-order valence-corrected chi connectivity index (χ4v) is 3.83. The molecule has 2 aliphatic rings. The van der Waals surface area contributed by atoms with Gasteiger partial charge in [-0.2, -0.15) is 0 Å². The van der Waals surface area contributed by atoms with E-state index < -0.39 is 0 Å². The highest BCUT2D eigenvalue weighted by Gasteiger charge is 2.46. The van der Waals surface area contributed by atoms with Crippen LogP contribution in [0.4, 0.5) is 4.79 Å². The first kappa shape index (κ1) is 19.0. The molecule has 0 spiro atoms. The van der Waals surface area contributed by atoms with Gasteiger partial charge in [0, 0.05) is 37.7 Å². The van der Waals surface area contributed by atoms with Gasteiger partial charge in [0.1, 0.15) is 0 Å². The number of hydrogen-bond acceptors (Lipinski definition) is 2. The number of benzene rings is 2. The SMILES string of the molecule is O=C(NC1(c2ccc(Cl)cc2)CC1)N1CCN(C/C=C/c2ccccc2)CC1. The molecule has 2 aromatic carbocycles. The third-order valence-electron chi connectivity index (χ3n) is 5.63. The molecule has 28 heavy (non-hydrogen) atoms. The molecular weight excluding hydrogens is 370 g/mol. The summed E-state index contributed by atoms with van der Waals surface area (Å²) in [5, 5.41) is 3.99. The number of piperazine rings is 1. The molecule has 0 bridgehead atoms. The molecule has 1 N–H and O–H groups in total. The number of hydrogen-bond donors (Lipinski definition) is 1. The fraction of sp³-hybridized carbons (Fsp3) is 0.348. The van der Waals surface area contributed by atoms with E-state index in [-0.39, 0.29) is 11.6 Å². The van der Waals surface area contributed by atoms with Crippen LogP contribution in [0.5, 0.6) is 0 Å². The van der Waals surface area contributed by atoms with Crippen molar-refractivity contribution in [2.45, 2.75) is 18.4 Å². The average molecular weight is 396 g/mol. The minimum atomic E-state index is -0.197. The predicted octanol–water partition coefficient (Wildman–Crippen LogP) is 4.37. The van der Waals surface area contributed by atoms with E-state index in [1.54, 1.807) is 0 Å². The van der Waals surface area contributed by atoms with Gasteiger partial charge in [0.05, 0.1) is 5.54 Å². The average Bonchev–Trinajstić information content (AvgIpc) is 3.50. The van der Waals surface area contributed by atoms with Crippen molar-refractivity contribution < 1.29 is 4.79 Å². The van der Waals surface area contributed by atoms with E-state index in [1.807, 2.05) is 47.4 Å². The monoisotopic (exact) mass is 395 g/mol. The van der Waals surface area contributed by atoms with Gasteiger partial charge >= 0.3 is 6.03 Å². The quantitative estimate of drug-likeness (QED) is 0.815. The lowest BCUT2D eigenvalue weighted by molar-refractivity contribution is 0.143. The molecule has 0 unspecified atom stereocenters. The summed E-state index contributed by atoms with van der Waals surface area (Å²) < 4.78 is 0. The molecule has 0 aromatic heterocycles. The summed E-state index contributed by atoms with van der Waals surface area (Å²) in [6.45, 7) is 4.25.